The van der Waals surface area contributed by atoms with E-state index in [0.717, 1.165) is 23.2 Å². The van der Waals surface area contributed by atoms with Gasteiger partial charge in [-0.05, 0) is 34.5 Å². The van der Waals surface area contributed by atoms with Crippen molar-refractivity contribution in [3.05, 3.63) is 47.5 Å². The van der Waals surface area contributed by atoms with Gasteiger partial charge < -0.3 is 9.30 Å². The third kappa shape index (κ3) is 3.10. The van der Waals surface area contributed by atoms with Crippen LogP contribution < -0.4 is 4.74 Å². The highest BCUT2D eigenvalue weighted by Crippen LogP contribution is 2.23. The lowest BCUT2D eigenvalue weighted by atomic mass is 10.3. The van der Waals surface area contributed by atoms with Gasteiger partial charge in [-0.2, -0.15) is 0 Å². The Morgan fingerprint density at radius 1 is 1.31 bits per heavy atom. The van der Waals surface area contributed by atoms with Crippen LogP contribution in [0.5, 0.6) is 5.75 Å². The smallest absolute Gasteiger partial charge is 0.133 e. The summed E-state index contributed by atoms with van der Waals surface area (Å²) in [6, 6.07) is 7.88. The molecular formula is C12H13BrN2O. The number of imidazole rings is 1. The maximum absolute atomic E-state index is 5.65. The SMILES string of the molecule is Brc1ccccc1OCCCn1ccnc1. The first kappa shape index (κ1) is 11.2. The Labute approximate surface area is 103 Å². The third-order valence-corrected chi connectivity index (χ3v) is 2.87. The number of rotatable bonds is 5. The lowest BCUT2D eigenvalue weighted by Gasteiger charge is -2.07. The molecule has 0 atom stereocenters. The van der Waals surface area contributed by atoms with Gasteiger partial charge in [-0.3, -0.25) is 0 Å². The summed E-state index contributed by atoms with van der Waals surface area (Å²) in [5.74, 6) is 0.896. The summed E-state index contributed by atoms with van der Waals surface area (Å²) >= 11 is 3.45. The number of ether oxygens (including phenoxy) is 1. The molecule has 0 saturated carbocycles. The Bertz CT molecular complexity index is 428. The standard InChI is InChI=1S/C12H13BrN2O/c13-11-4-1-2-5-12(11)16-9-3-7-15-8-6-14-10-15/h1-2,4-6,8,10H,3,7,9H2. The Morgan fingerprint density at radius 3 is 2.94 bits per heavy atom. The Kier molecular flexibility index (Phi) is 3.99. The van der Waals surface area contributed by atoms with Crippen molar-refractivity contribution in [2.45, 2.75) is 13.0 Å². The van der Waals surface area contributed by atoms with Crippen molar-refractivity contribution < 1.29 is 4.74 Å². The average molecular weight is 281 g/mol. The molecule has 16 heavy (non-hydrogen) atoms. The van der Waals surface area contributed by atoms with Crippen LogP contribution >= 0.6 is 15.9 Å². The van der Waals surface area contributed by atoms with E-state index >= 15 is 0 Å². The molecule has 1 aromatic carbocycles. The van der Waals surface area contributed by atoms with Crippen LogP contribution in [0.1, 0.15) is 6.42 Å². The highest BCUT2D eigenvalue weighted by molar-refractivity contribution is 9.10. The third-order valence-electron chi connectivity index (χ3n) is 2.21. The first-order valence-electron chi connectivity index (χ1n) is 5.19. The summed E-state index contributed by atoms with van der Waals surface area (Å²) < 4.78 is 8.70. The molecule has 84 valence electrons. The molecule has 1 aromatic heterocycles. The number of para-hydroxylation sites is 1. The fourth-order valence-electron chi connectivity index (χ4n) is 1.41. The van der Waals surface area contributed by atoms with Crippen molar-refractivity contribution in [3.63, 3.8) is 0 Å². The molecule has 0 amide bonds. The van der Waals surface area contributed by atoms with E-state index in [1.54, 1.807) is 6.20 Å². The molecule has 0 aliphatic heterocycles. The van der Waals surface area contributed by atoms with Gasteiger partial charge >= 0.3 is 0 Å². The van der Waals surface area contributed by atoms with Crippen molar-refractivity contribution in [2.75, 3.05) is 6.61 Å². The Balaban J connectivity index is 1.74. The summed E-state index contributed by atoms with van der Waals surface area (Å²) in [4.78, 5) is 3.99. The Morgan fingerprint density at radius 2 is 2.19 bits per heavy atom. The van der Waals surface area contributed by atoms with Crippen molar-refractivity contribution in [1.29, 1.82) is 0 Å². The van der Waals surface area contributed by atoms with Gasteiger partial charge in [-0.1, -0.05) is 12.1 Å². The molecule has 0 N–H and O–H groups in total. The van der Waals surface area contributed by atoms with Gasteiger partial charge in [0, 0.05) is 18.9 Å². The minimum atomic E-state index is 0.709. The fourth-order valence-corrected chi connectivity index (χ4v) is 1.81. The number of hydrogen-bond acceptors (Lipinski definition) is 2. The molecule has 0 unspecified atom stereocenters. The predicted octanol–water partition coefficient (Wildman–Crippen LogP) is 3.11. The van der Waals surface area contributed by atoms with Crippen LogP contribution in [0.25, 0.3) is 0 Å². The van der Waals surface area contributed by atoms with Crippen LogP contribution in [0, 0.1) is 0 Å². The predicted molar refractivity (Wildman–Crippen MR) is 66.5 cm³/mol. The van der Waals surface area contributed by atoms with Crippen LogP contribution in [-0.4, -0.2) is 16.2 Å². The van der Waals surface area contributed by atoms with E-state index in [9.17, 15) is 0 Å². The molecule has 0 spiro atoms. The van der Waals surface area contributed by atoms with Crippen molar-refractivity contribution in [1.82, 2.24) is 9.55 Å². The van der Waals surface area contributed by atoms with Gasteiger partial charge in [-0.25, -0.2) is 4.98 Å². The molecule has 0 bridgehead atoms. The monoisotopic (exact) mass is 280 g/mol. The number of benzene rings is 1. The first-order chi connectivity index (χ1) is 7.86. The summed E-state index contributed by atoms with van der Waals surface area (Å²) in [6.07, 6.45) is 6.53. The number of aromatic nitrogens is 2. The molecule has 2 aromatic rings. The fraction of sp³-hybridized carbons (Fsp3) is 0.250. The topological polar surface area (TPSA) is 27.1 Å². The quantitative estimate of drug-likeness (QED) is 0.787. The van der Waals surface area contributed by atoms with E-state index < -0.39 is 0 Å². The Hall–Kier alpha value is -1.29. The summed E-state index contributed by atoms with van der Waals surface area (Å²) in [6.45, 7) is 1.64. The van der Waals surface area contributed by atoms with Crippen molar-refractivity contribution >= 4 is 15.9 Å². The van der Waals surface area contributed by atoms with Crippen LogP contribution in [0.4, 0.5) is 0 Å². The number of hydrogen-bond donors (Lipinski definition) is 0. The lowest BCUT2D eigenvalue weighted by Crippen LogP contribution is -2.03. The van der Waals surface area contributed by atoms with Gasteiger partial charge in [0.2, 0.25) is 0 Å². The van der Waals surface area contributed by atoms with Gasteiger partial charge in [0.1, 0.15) is 5.75 Å². The molecule has 3 nitrogen and oxygen atoms in total. The van der Waals surface area contributed by atoms with E-state index in [4.69, 9.17) is 4.74 Å². The van der Waals surface area contributed by atoms with Gasteiger partial charge in [0.15, 0.2) is 0 Å². The molecule has 4 heteroatoms. The zero-order valence-corrected chi connectivity index (χ0v) is 10.4. The number of aryl methyl sites for hydroxylation is 1. The highest BCUT2D eigenvalue weighted by atomic mass is 79.9. The maximum atomic E-state index is 5.65. The minimum absolute atomic E-state index is 0.709. The first-order valence-corrected chi connectivity index (χ1v) is 5.98. The maximum Gasteiger partial charge on any atom is 0.133 e. The molecule has 1 heterocycles. The van der Waals surface area contributed by atoms with Crippen molar-refractivity contribution in [2.24, 2.45) is 0 Å². The number of nitrogens with zero attached hydrogens (tertiary/aromatic N) is 2. The van der Waals surface area contributed by atoms with E-state index in [1.807, 2.05) is 41.4 Å². The zero-order chi connectivity index (χ0) is 11.2. The molecule has 2 rings (SSSR count). The lowest BCUT2D eigenvalue weighted by molar-refractivity contribution is 0.300. The van der Waals surface area contributed by atoms with Crippen LogP contribution in [0.2, 0.25) is 0 Å². The molecule has 0 fully saturated rings. The van der Waals surface area contributed by atoms with Crippen LogP contribution in [0.15, 0.2) is 47.5 Å². The molecule has 0 saturated heterocycles. The molecule has 0 aliphatic carbocycles. The van der Waals surface area contributed by atoms with E-state index in [1.165, 1.54) is 0 Å². The summed E-state index contributed by atoms with van der Waals surface area (Å²) in [7, 11) is 0. The molecule has 0 radical (unpaired) electrons. The van der Waals surface area contributed by atoms with Gasteiger partial charge in [0.05, 0.1) is 17.4 Å². The largest absolute Gasteiger partial charge is 0.492 e. The van der Waals surface area contributed by atoms with E-state index in [2.05, 4.69) is 20.9 Å². The van der Waals surface area contributed by atoms with Crippen molar-refractivity contribution in [3.8, 4) is 5.75 Å². The van der Waals surface area contributed by atoms with Crippen LogP contribution in [-0.2, 0) is 6.54 Å². The highest BCUT2D eigenvalue weighted by Gasteiger charge is 1.98. The second-order valence-electron chi connectivity index (χ2n) is 3.43. The number of halogens is 1. The minimum Gasteiger partial charge on any atom is -0.492 e. The summed E-state index contributed by atoms with van der Waals surface area (Å²) in [5, 5.41) is 0. The average Bonchev–Trinajstić information content (AvgIpc) is 2.79. The van der Waals surface area contributed by atoms with Gasteiger partial charge in [-0.15, -0.1) is 0 Å². The normalized spacial score (nSPS) is 10.3. The van der Waals surface area contributed by atoms with Crippen LogP contribution in [0.3, 0.4) is 0 Å². The second kappa shape index (κ2) is 5.70. The summed E-state index contributed by atoms with van der Waals surface area (Å²) in [5.41, 5.74) is 0. The molecular weight excluding hydrogens is 268 g/mol. The second-order valence-corrected chi connectivity index (χ2v) is 4.29. The zero-order valence-electron chi connectivity index (χ0n) is 8.84. The van der Waals surface area contributed by atoms with E-state index in [-0.39, 0.29) is 0 Å². The van der Waals surface area contributed by atoms with Gasteiger partial charge in [0.25, 0.3) is 0 Å². The molecule has 0 aliphatic rings. The van der Waals surface area contributed by atoms with E-state index in [0.29, 0.717) is 6.61 Å².